The molecule has 4 rings (SSSR count). The molecule has 2 bridgehead atoms. The van der Waals surface area contributed by atoms with Crippen molar-refractivity contribution in [2.75, 3.05) is 26.2 Å². The summed E-state index contributed by atoms with van der Waals surface area (Å²) in [5, 5.41) is 5.60. The monoisotopic (exact) mass is 586 g/mol. The van der Waals surface area contributed by atoms with Crippen LogP contribution in [0.2, 0.25) is 0 Å². The van der Waals surface area contributed by atoms with E-state index < -0.39 is 36.3 Å². The Morgan fingerprint density at radius 2 is 1.95 bits per heavy atom. The van der Waals surface area contributed by atoms with Crippen molar-refractivity contribution in [3.8, 4) is 17.1 Å². The van der Waals surface area contributed by atoms with Gasteiger partial charge in [0.15, 0.2) is 0 Å². The van der Waals surface area contributed by atoms with E-state index in [9.17, 15) is 27.6 Å². The van der Waals surface area contributed by atoms with Crippen LogP contribution in [-0.2, 0) is 22.3 Å². The molecule has 2 N–H and O–H groups in total. The lowest BCUT2D eigenvalue weighted by atomic mass is 10.0. The number of halogens is 3. The maximum atomic E-state index is 13.3. The van der Waals surface area contributed by atoms with E-state index in [-0.39, 0.29) is 37.1 Å². The lowest BCUT2D eigenvalue weighted by Crippen LogP contribution is -2.51. The zero-order chi connectivity index (χ0) is 30.3. The van der Waals surface area contributed by atoms with Gasteiger partial charge in [-0.3, -0.25) is 19.4 Å². The maximum Gasteiger partial charge on any atom is 0.433 e. The van der Waals surface area contributed by atoms with E-state index in [1.807, 2.05) is 42.8 Å². The summed E-state index contributed by atoms with van der Waals surface area (Å²) in [5.74, 6) is -0.241. The first-order valence-electron chi connectivity index (χ1n) is 13.6. The minimum absolute atomic E-state index is 0.0679. The van der Waals surface area contributed by atoms with Gasteiger partial charge >= 0.3 is 6.18 Å². The van der Waals surface area contributed by atoms with Gasteiger partial charge in [0.1, 0.15) is 23.3 Å². The molecule has 1 aliphatic heterocycles. The van der Waals surface area contributed by atoms with Crippen LogP contribution in [0.3, 0.4) is 0 Å². The second-order valence-electron chi connectivity index (χ2n) is 10.4. The van der Waals surface area contributed by atoms with Gasteiger partial charge < -0.3 is 24.8 Å². The minimum Gasteiger partial charge on any atom is -0.494 e. The number of aromatic nitrogens is 3. The number of benzene rings is 1. The smallest absolute Gasteiger partial charge is 0.433 e. The average molecular weight is 587 g/mol. The van der Waals surface area contributed by atoms with Crippen LogP contribution in [0.1, 0.15) is 42.7 Å². The number of imidazole rings is 1. The zero-order valence-corrected chi connectivity index (χ0v) is 23.4. The molecule has 0 saturated heterocycles. The van der Waals surface area contributed by atoms with Crippen LogP contribution in [0.25, 0.3) is 11.4 Å². The molecule has 0 saturated carbocycles. The number of nitrogens with zero attached hydrogens (tertiary/aromatic N) is 4. The van der Waals surface area contributed by atoms with E-state index in [1.54, 1.807) is 12.3 Å². The summed E-state index contributed by atoms with van der Waals surface area (Å²) < 4.78 is 46.7. The first-order chi connectivity index (χ1) is 20.0. The molecule has 1 aliphatic rings. The molecule has 1 atom stereocenters. The molecular weight excluding hydrogens is 553 g/mol. The van der Waals surface area contributed by atoms with Crippen LogP contribution in [0.4, 0.5) is 13.2 Å². The summed E-state index contributed by atoms with van der Waals surface area (Å²) >= 11 is 0. The molecular formula is C29H33F3N6O4. The molecule has 13 heteroatoms. The highest BCUT2D eigenvalue weighted by Crippen LogP contribution is 2.27. The van der Waals surface area contributed by atoms with Crippen molar-refractivity contribution in [1.29, 1.82) is 0 Å². The number of hydrogen-bond donors (Lipinski definition) is 2. The van der Waals surface area contributed by atoms with Crippen LogP contribution >= 0.6 is 0 Å². The topological polar surface area (TPSA) is 118 Å². The Labute approximate surface area is 241 Å². The fourth-order valence-electron chi connectivity index (χ4n) is 4.58. The van der Waals surface area contributed by atoms with Crippen molar-refractivity contribution in [3.63, 3.8) is 0 Å². The molecule has 1 aromatic carbocycles. The number of carbonyl (C=O) groups is 3. The third kappa shape index (κ3) is 8.08. The summed E-state index contributed by atoms with van der Waals surface area (Å²) in [4.78, 5) is 48.5. The lowest BCUT2D eigenvalue weighted by Gasteiger charge is -2.25. The van der Waals surface area contributed by atoms with Crippen LogP contribution in [-0.4, -0.2) is 69.4 Å². The van der Waals surface area contributed by atoms with E-state index in [0.717, 1.165) is 23.9 Å². The fraction of sp³-hybridized carbons (Fsp3) is 0.414. The van der Waals surface area contributed by atoms with Gasteiger partial charge in [-0.05, 0) is 43.0 Å². The highest BCUT2D eigenvalue weighted by atomic mass is 19.4. The van der Waals surface area contributed by atoms with Gasteiger partial charge in [-0.15, -0.1) is 0 Å². The minimum atomic E-state index is -4.65. The summed E-state index contributed by atoms with van der Waals surface area (Å²) in [6.45, 7) is 4.43. The van der Waals surface area contributed by atoms with E-state index in [0.29, 0.717) is 31.0 Å². The third-order valence-electron chi connectivity index (χ3n) is 6.58. The van der Waals surface area contributed by atoms with Crippen molar-refractivity contribution in [2.24, 2.45) is 5.92 Å². The predicted octanol–water partition coefficient (Wildman–Crippen LogP) is 3.54. The Bertz CT molecular complexity index is 1390. The van der Waals surface area contributed by atoms with Crippen molar-refractivity contribution in [3.05, 3.63) is 66.2 Å². The molecule has 0 aliphatic carbocycles. The van der Waals surface area contributed by atoms with Gasteiger partial charge in [-0.1, -0.05) is 26.0 Å². The number of rotatable bonds is 3. The standard InChI is InChI=1S/C29H33F3N6O4/c1-19(2)15-23-27(40)34-10-13-37-12-9-33-26(37)20-5-3-6-22(16-20)42-14-4-11-38(18-25(39)36-23)28(41)21-7-8-24(35-17-21)29(30,31)32/h3,5-9,12,16-17,19,23H,4,10-11,13-15,18H2,1-2H3,(H,34,40)(H,36,39)/t23-/m1/s1. The SMILES string of the molecule is CC(C)C[C@H]1NC(=O)CN(C(=O)c2ccc(C(F)(F)F)nc2)CCCOc2cccc(c2)-c2nccn2CCNC1=O. The van der Waals surface area contributed by atoms with Crippen LogP contribution in [0.5, 0.6) is 5.75 Å². The van der Waals surface area contributed by atoms with E-state index >= 15 is 0 Å². The summed E-state index contributed by atoms with van der Waals surface area (Å²) in [7, 11) is 0. The molecule has 0 fully saturated rings. The molecule has 0 radical (unpaired) electrons. The highest BCUT2D eigenvalue weighted by Gasteiger charge is 2.33. The summed E-state index contributed by atoms with van der Waals surface area (Å²) in [6, 6.07) is 8.26. The molecule has 0 spiro atoms. The number of carbonyl (C=O) groups excluding carboxylic acids is 3. The van der Waals surface area contributed by atoms with Crippen LogP contribution in [0.15, 0.2) is 55.0 Å². The van der Waals surface area contributed by atoms with Gasteiger partial charge in [0.25, 0.3) is 5.91 Å². The maximum absolute atomic E-state index is 13.3. The van der Waals surface area contributed by atoms with Gasteiger partial charge in [0, 0.05) is 43.8 Å². The van der Waals surface area contributed by atoms with Crippen molar-refractivity contribution in [1.82, 2.24) is 30.1 Å². The van der Waals surface area contributed by atoms with E-state index in [1.165, 1.54) is 4.90 Å². The Morgan fingerprint density at radius 3 is 2.67 bits per heavy atom. The number of amides is 3. The summed E-state index contributed by atoms with van der Waals surface area (Å²) in [5.41, 5.74) is -0.405. The molecule has 10 nitrogen and oxygen atoms in total. The van der Waals surface area contributed by atoms with Crippen LogP contribution in [0, 0.1) is 5.92 Å². The molecule has 224 valence electrons. The second kappa shape index (κ2) is 13.5. The molecule has 0 unspecified atom stereocenters. The third-order valence-corrected chi connectivity index (χ3v) is 6.58. The van der Waals surface area contributed by atoms with Gasteiger partial charge in [-0.2, -0.15) is 13.2 Å². The average Bonchev–Trinajstić information content (AvgIpc) is 3.41. The number of ether oxygens (including phenoxy) is 1. The van der Waals surface area contributed by atoms with Crippen molar-refractivity contribution >= 4 is 17.7 Å². The Morgan fingerprint density at radius 1 is 1.14 bits per heavy atom. The van der Waals surface area contributed by atoms with Crippen molar-refractivity contribution < 1.29 is 32.3 Å². The lowest BCUT2D eigenvalue weighted by molar-refractivity contribution is -0.141. The Hall–Kier alpha value is -4.42. The van der Waals surface area contributed by atoms with Crippen molar-refractivity contribution in [2.45, 2.75) is 45.5 Å². The van der Waals surface area contributed by atoms with E-state index in [2.05, 4.69) is 20.6 Å². The first-order valence-corrected chi connectivity index (χ1v) is 13.6. The van der Waals surface area contributed by atoms with Gasteiger partial charge in [-0.25, -0.2) is 4.98 Å². The molecule has 3 aromatic rings. The molecule has 2 aromatic heterocycles. The Balaban J connectivity index is 1.58. The van der Waals surface area contributed by atoms with Gasteiger partial charge in [0.2, 0.25) is 11.8 Å². The number of pyridine rings is 1. The molecule has 3 amide bonds. The highest BCUT2D eigenvalue weighted by molar-refractivity contribution is 5.97. The van der Waals surface area contributed by atoms with E-state index in [4.69, 9.17) is 4.74 Å². The quantitative estimate of drug-likeness (QED) is 0.485. The largest absolute Gasteiger partial charge is 0.494 e. The normalized spacial score (nSPS) is 17.4. The molecule has 3 heterocycles. The summed E-state index contributed by atoms with van der Waals surface area (Å²) in [6.07, 6.45) is 0.370. The van der Waals surface area contributed by atoms with Gasteiger partial charge in [0.05, 0.1) is 18.7 Å². The predicted molar refractivity (Wildman–Crippen MR) is 147 cm³/mol. The zero-order valence-electron chi connectivity index (χ0n) is 23.4. The first kappa shape index (κ1) is 30.5. The number of hydrogen-bond acceptors (Lipinski definition) is 6. The number of alkyl halides is 3. The van der Waals surface area contributed by atoms with Crippen LogP contribution < -0.4 is 15.4 Å². The fourth-order valence-corrected chi connectivity index (χ4v) is 4.58. The molecule has 42 heavy (non-hydrogen) atoms. The second-order valence-corrected chi connectivity index (χ2v) is 10.4. The number of fused-ring (bicyclic) bond motifs is 4. The number of nitrogens with one attached hydrogen (secondary N) is 2. The Kier molecular flexibility index (Phi) is 9.81.